The summed E-state index contributed by atoms with van der Waals surface area (Å²) in [6.45, 7) is 0. The van der Waals surface area contributed by atoms with Crippen LogP contribution < -0.4 is 11.3 Å². The highest BCUT2D eigenvalue weighted by Gasteiger charge is 2.14. The minimum atomic E-state index is -0.831. The number of nitrogens with two attached hydrogens (primary N) is 1. The summed E-state index contributed by atoms with van der Waals surface area (Å²) in [6, 6.07) is 11.9. The Morgan fingerprint density at radius 2 is 1.95 bits per heavy atom. The van der Waals surface area contributed by atoms with Crippen molar-refractivity contribution in [2.75, 3.05) is 5.75 Å². The average molecular weight is 373 g/mol. The van der Waals surface area contributed by atoms with E-state index < -0.39 is 11.6 Å². The summed E-state index contributed by atoms with van der Waals surface area (Å²) < 4.78 is 27.9. The van der Waals surface area contributed by atoms with Crippen molar-refractivity contribution in [3.05, 3.63) is 64.1 Å². The second kappa shape index (κ2) is 7.89. The van der Waals surface area contributed by atoms with E-state index in [9.17, 15) is 8.78 Å². The van der Waals surface area contributed by atoms with E-state index in [1.165, 1.54) is 6.07 Å². The molecule has 0 saturated carbocycles. The highest BCUT2D eigenvalue weighted by Crippen LogP contribution is 2.23. The van der Waals surface area contributed by atoms with Crippen molar-refractivity contribution >= 4 is 27.7 Å². The normalized spacial score (nSPS) is 12.4. The molecule has 1 unspecified atom stereocenters. The summed E-state index contributed by atoms with van der Waals surface area (Å²) in [5.41, 5.74) is 2.99. The lowest BCUT2D eigenvalue weighted by atomic mass is 10.1. The van der Waals surface area contributed by atoms with E-state index in [1.54, 1.807) is 17.8 Å². The van der Waals surface area contributed by atoms with E-state index >= 15 is 0 Å². The fourth-order valence-corrected chi connectivity index (χ4v) is 3.43. The number of hydrogen-bond acceptors (Lipinski definition) is 3. The first-order valence-corrected chi connectivity index (χ1v) is 8.15. The molecule has 0 aliphatic heterocycles. The maximum atomic E-state index is 13.7. The Kier molecular flexibility index (Phi) is 6.17. The van der Waals surface area contributed by atoms with Crippen molar-refractivity contribution in [1.82, 2.24) is 5.43 Å². The van der Waals surface area contributed by atoms with Crippen molar-refractivity contribution in [2.24, 2.45) is 5.84 Å². The third-order valence-corrected chi connectivity index (χ3v) is 4.63. The van der Waals surface area contributed by atoms with Gasteiger partial charge in [0.1, 0.15) is 0 Å². The maximum absolute atomic E-state index is 13.7. The van der Waals surface area contributed by atoms with Crippen molar-refractivity contribution in [2.45, 2.75) is 17.4 Å². The van der Waals surface area contributed by atoms with Gasteiger partial charge in [-0.05, 0) is 36.2 Å². The third-order valence-electron chi connectivity index (χ3n) is 2.98. The SMILES string of the molecule is NNC(CSc1cccc(Br)c1)Cc1cccc(F)c1F. The van der Waals surface area contributed by atoms with E-state index in [0.29, 0.717) is 17.7 Å². The molecule has 0 aliphatic rings. The summed E-state index contributed by atoms with van der Waals surface area (Å²) >= 11 is 5.02. The molecule has 2 rings (SSSR count). The molecule has 112 valence electrons. The van der Waals surface area contributed by atoms with Crippen LogP contribution in [0.3, 0.4) is 0 Å². The summed E-state index contributed by atoms with van der Waals surface area (Å²) in [4.78, 5) is 1.09. The second-order valence-electron chi connectivity index (χ2n) is 4.55. The van der Waals surface area contributed by atoms with Crippen LogP contribution in [0.25, 0.3) is 0 Å². The molecule has 0 aliphatic carbocycles. The largest absolute Gasteiger partial charge is 0.271 e. The Labute approximate surface area is 135 Å². The molecule has 2 nitrogen and oxygen atoms in total. The van der Waals surface area contributed by atoms with Crippen LogP contribution in [0.4, 0.5) is 8.78 Å². The van der Waals surface area contributed by atoms with Crippen molar-refractivity contribution in [1.29, 1.82) is 0 Å². The standard InChI is InChI=1S/C15H15BrF2N2S/c16-11-4-2-5-13(8-11)21-9-12(20-19)7-10-3-1-6-14(17)15(10)18/h1-6,8,12,20H,7,9,19H2. The van der Waals surface area contributed by atoms with Gasteiger partial charge in [-0.25, -0.2) is 8.78 Å². The minimum Gasteiger partial charge on any atom is -0.271 e. The van der Waals surface area contributed by atoms with Crippen LogP contribution in [0.15, 0.2) is 51.8 Å². The van der Waals surface area contributed by atoms with Gasteiger partial charge < -0.3 is 0 Å². The van der Waals surface area contributed by atoms with Gasteiger partial charge in [-0.3, -0.25) is 11.3 Å². The van der Waals surface area contributed by atoms with Gasteiger partial charge in [-0.1, -0.05) is 34.1 Å². The van der Waals surface area contributed by atoms with E-state index in [0.717, 1.165) is 15.4 Å². The molecule has 0 bridgehead atoms. The fraction of sp³-hybridized carbons (Fsp3) is 0.200. The Morgan fingerprint density at radius 3 is 2.67 bits per heavy atom. The predicted octanol–water partition coefficient (Wildman–Crippen LogP) is 3.89. The highest BCUT2D eigenvalue weighted by molar-refractivity contribution is 9.10. The van der Waals surface area contributed by atoms with Gasteiger partial charge in [0.25, 0.3) is 0 Å². The highest BCUT2D eigenvalue weighted by atomic mass is 79.9. The number of hydrazine groups is 1. The molecule has 0 radical (unpaired) electrons. The van der Waals surface area contributed by atoms with Crippen molar-refractivity contribution in [3.63, 3.8) is 0 Å². The minimum absolute atomic E-state index is 0.148. The smallest absolute Gasteiger partial charge is 0.162 e. The number of halogens is 3. The Morgan fingerprint density at radius 1 is 1.19 bits per heavy atom. The van der Waals surface area contributed by atoms with Crippen molar-refractivity contribution < 1.29 is 8.78 Å². The number of thioether (sulfide) groups is 1. The van der Waals surface area contributed by atoms with E-state index in [2.05, 4.69) is 21.4 Å². The molecule has 3 N–H and O–H groups in total. The molecule has 0 aromatic heterocycles. The number of hydrogen-bond donors (Lipinski definition) is 2. The van der Waals surface area contributed by atoms with Gasteiger partial charge in [-0.2, -0.15) is 0 Å². The van der Waals surface area contributed by atoms with Crippen LogP contribution in [0.2, 0.25) is 0 Å². The zero-order chi connectivity index (χ0) is 15.2. The van der Waals surface area contributed by atoms with Gasteiger partial charge in [0.05, 0.1) is 0 Å². The van der Waals surface area contributed by atoms with Crippen LogP contribution in [0, 0.1) is 11.6 Å². The average Bonchev–Trinajstić information content (AvgIpc) is 2.48. The first-order valence-electron chi connectivity index (χ1n) is 6.37. The van der Waals surface area contributed by atoms with Gasteiger partial charge in [0.2, 0.25) is 0 Å². The monoisotopic (exact) mass is 372 g/mol. The van der Waals surface area contributed by atoms with Crippen molar-refractivity contribution in [3.8, 4) is 0 Å². The Balaban J connectivity index is 1.99. The van der Waals surface area contributed by atoms with Crippen LogP contribution in [0.5, 0.6) is 0 Å². The first kappa shape index (κ1) is 16.4. The zero-order valence-corrected chi connectivity index (χ0v) is 13.6. The molecule has 2 aromatic carbocycles. The molecule has 2 aromatic rings. The Bertz CT molecular complexity index is 610. The molecule has 0 heterocycles. The van der Waals surface area contributed by atoms with E-state index in [1.807, 2.05) is 24.3 Å². The topological polar surface area (TPSA) is 38.0 Å². The Hall–Kier alpha value is -0.950. The quantitative estimate of drug-likeness (QED) is 0.458. The molecule has 0 spiro atoms. The first-order chi connectivity index (χ1) is 10.1. The molecule has 0 fully saturated rings. The molecule has 6 heteroatoms. The summed E-state index contributed by atoms with van der Waals surface area (Å²) in [5.74, 6) is 4.54. The van der Waals surface area contributed by atoms with Gasteiger partial charge in [0.15, 0.2) is 11.6 Å². The third kappa shape index (κ3) is 4.78. The van der Waals surface area contributed by atoms with Crippen LogP contribution in [0.1, 0.15) is 5.56 Å². The molecule has 21 heavy (non-hydrogen) atoms. The lowest BCUT2D eigenvalue weighted by molar-refractivity contribution is 0.486. The summed E-state index contributed by atoms with van der Waals surface area (Å²) in [6.07, 6.45) is 0.334. The number of nitrogens with one attached hydrogen (secondary N) is 1. The molecule has 0 saturated heterocycles. The number of benzene rings is 2. The van der Waals surface area contributed by atoms with Crippen LogP contribution in [-0.2, 0) is 6.42 Å². The second-order valence-corrected chi connectivity index (χ2v) is 6.56. The lowest BCUT2D eigenvalue weighted by Gasteiger charge is -2.16. The van der Waals surface area contributed by atoms with Crippen LogP contribution in [-0.4, -0.2) is 11.8 Å². The lowest BCUT2D eigenvalue weighted by Crippen LogP contribution is -2.38. The fourth-order valence-electron chi connectivity index (χ4n) is 1.89. The predicted molar refractivity (Wildman–Crippen MR) is 86.0 cm³/mol. The molecule has 0 amide bonds. The van der Waals surface area contributed by atoms with E-state index in [4.69, 9.17) is 5.84 Å². The van der Waals surface area contributed by atoms with Gasteiger partial charge >= 0.3 is 0 Å². The van der Waals surface area contributed by atoms with E-state index in [-0.39, 0.29) is 6.04 Å². The zero-order valence-electron chi connectivity index (χ0n) is 11.2. The molecular formula is C15H15BrF2N2S. The van der Waals surface area contributed by atoms with Gasteiger partial charge in [0, 0.05) is 21.2 Å². The maximum Gasteiger partial charge on any atom is 0.162 e. The summed E-state index contributed by atoms with van der Waals surface area (Å²) in [5, 5.41) is 0. The van der Waals surface area contributed by atoms with Crippen LogP contribution >= 0.6 is 27.7 Å². The van der Waals surface area contributed by atoms with Gasteiger partial charge in [-0.15, -0.1) is 11.8 Å². The molecular weight excluding hydrogens is 358 g/mol. The number of rotatable bonds is 6. The molecule has 1 atom stereocenters. The summed E-state index contributed by atoms with van der Waals surface area (Å²) in [7, 11) is 0.